The van der Waals surface area contributed by atoms with Crippen LogP contribution in [-0.2, 0) is 10.0 Å². The lowest BCUT2D eigenvalue weighted by molar-refractivity contribution is 0.0735. The van der Waals surface area contributed by atoms with E-state index >= 15 is 0 Å². The summed E-state index contributed by atoms with van der Waals surface area (Å²) >= 11 is 0. The summed E-state index contributed by atoms with van der Waals surface area (Å²) in [4.78, 5) is 14.3. The van der Waals surface area contributed by atoms with Gasteiger partial charge in [-0.2, -0.15) is 5.26 Å². The van der Waals surface area contributed by atoms with Gasteiger partial charge in [-0.25, -0.2) is 12.8 Å². The molecule has 4 rings (SSSR count). The number of likely N-dealkylation sites (tertiary alicyclic amines) is 1. The van der Waals surface area contributed by atoms with E-state index in [1.165, 1.54) is 18.2 Å². The topological polar surface area (TPSA) is 90.3 Å². The number of anilines is 1. The van der Waals surface area contributed by atoms with Gasteiger partial charge in [-0.3, -0.25) is 9.52 Å². The number of hydrogen-bond acceptors (Lipinski definition) is 4. The van der Waals surface area contributed by atoms with Crippen molar-refractivity contribution >= 4 is 21.6 Å². The third-order valence-electron chi connectivity index (χ3n) is 5.43. The third-order valence-corrected chi connectivity index (χ3v) is 6.85. The highest BCUT2D eigenvalue weighted by Crippen LogP contribution is 2.33. The van der Waals surface area contributed by atoms with E-state index < -0.39 is 20.7 Å². The van der Waals surface area contributed by atoms with Crippen molar-refractivity contribution in [3.05, 3.63) is 95.3 Å². The van der Waals surface area contributed by atoms with Crippen molar-refractivity contribution in [1.29, 1.82) is 5.26 Å². The Kier molecular flexibility index (Phi) is 5.93. The molecular formula is C24H20FN3O3S. The zero-order chi connectivity index (χ0) is 22.7. The molecular weight excluding hydrogens is 429 g/mol. The van der Waals surface area contributed by atoms with E-state index in [0.717, 1.165) is 30.5 Å². The number of amides is 1. The van der Waals surface area contributed by atoms with Crippen LogP contribution in [0.3, 0.4) is 0 Å². The maximum Gasteiger partial charge on any atom is 0.264 e. The summed E-state index contributed by atoms with van der Waals surface area (Å²) in [6.45, 7) is 0.657. The molecule has 1 saturated heterocycles. The van der Waals surface area contributed by atoms with Crippen LogP contribution in [0, 0.1) is 17.1 Å². The van der Waals surface area contributed by atoms with Gasteiger partial charge in [-0.15, -0.1) is 0 Å². The van der Waals surface area contributed by atoms with Gasteiger partial charge < -0.3 is 4.90 Å². The first-order valence-corrected chi connectivity index (χ1v) is 11.6. The van der Waals surface area contributed by atoms with E-state index in [4.69, 9.17) is 5.26 Å². The lowest BCUT2D eigenvalue weighted by Crippen LogP contribution is -2.30. The lowest BCUT2D eigenvalue weighted by Gasteiger charge is -2.25. The van der Waals surface area contributed by atoms with Crippen LogP contribution in [-0.4, -0.2) is 25.8 Å². The van der Waals surface area contributed by atoms with E-state index in [2.05, 4.69) is 4.72 Å². The molecule has 0 bridgehead atoms. The quantitative estimate of drug-likeness (QED) is 0.622. The Morgan fingerprint density at radius 3 is 2.44 bits per heavy atom. The van der Waals surface area contributed by atoms with Crippen LogP contribution in [0.25, 0.3) is 0 Å². The van der Waals surface area contributed by atoms with E-state index in [9.17, 15) is 17.6 Å². The van der Waals surface area contributed by atoms with Crippen LogP contribution >= 0.6 is 0 Å². The predicted molar refractivity (Wildman–Crippen MR) is 118 cm³/mol. The SMILES string of the molecule is N#Cc1ccc(S(=O)(=O)Nc2ccc(C(=O)N3CCCC3c3ccccc3)cc2)c(F)c1. The molecule has 1 unspecified atom stereocenters. The maximum absolute atomic E-state index is 14.1. The predicted octanol–water partition coefficient (Wildman–Crippen LogP) is 4.48. The van der Waals surface area contributed by atoms with Crippen molar-refractivity contribution in [3.8, 4) is 6.07 Å². The fourth-order valence-electron chi connectivity index (χ4n) is 3.88. The molecule has 0 aromatic heterocycles. The van der Waals surface area contributed by atoms with Gasteiger partial charge in [-0.1, -0.05) is 30.3 Å². The second kappa shape index (κ2) is 8.81. The second-order valence-electron chi connectivity index (χ2n) is 7.51. The number of nitrogens with one attached hydrogen (secondary N) is 1. The average molecular weight is 450 g/mol. The minimum absolute atomic E-state index is 0.0150. The second-order valence-corrected chi connectivity index (χ2v) is 9.16. The van der Waals surface area contributed by atoms with Crippen molar-refractivity contribution in [3.63, 3.8) is 0 Å². The molecule has 32 heavy (non-hydrogen) atoms. The molecule has 1 heterocycles. The maximum atomic E-state index is 14.1. The molecule has 162 valence electrons. The molecule has 3 aromatic carbocycles. The third kappa shape index (κ3) is 4.34. The van der Waals surface area contributed by atoms with Crippen LogP contribution in [0.5, 0.6) is 0 Å². The Morgan fingerprint density at radius 2 is 1.78 bits per heavy atom. The zero-order valence-electron chi connectivity index (χ0n) is 17.0. The fraction of sp³-hybridized carbons (Fsp3) is 0.167. The highest BCUT2D eigenvalue weighted by molar-refractivity contribution is 7.92. The number of carbonyl (C=O) groups is 1. The molecule has 0 aliphatic carbocycles. The minimum Gasteiger partial charge on any atom is -0.332 e. The van der Waals surface area contributed by atoms with E-state index in [-0.39, 0.29) is 23.2 Å². The van der Waals surface area contributed by atoms with Crippen LogP contribution in [0.2, 0.25) is 0 Å². The van der Waals surface area contributed by atoms with Gasteiger partial charge >= 0.3 is 0 Å². The van der Waals surface area contributed by atoms with Gasteiger partial charge in [0.25, 0.3) is 15.9 Å². The summed E-state index contributed by atoms with van der Waals surface area (Å²) in [6, 6.07) is 20.8. The molecule has 1 atom stereocenters. The normalized spacial score (nSPS) is 15.9. The van der Waals surface area contributed by atoms with Crippen molar-refractivity contribution in [2.75, 3.05) is 11.3 Å². The monoisotopic (exact) mass is 449 g/mol. The number of halogens is 1. The molecule has 1 amide bonds. The lowest BCUT2D eigenvalue weighted by atomic mass is 10.0. The number of nitriles is 1. The van der Waals surface area contributed by atoms with Crippen LogP contribution in [0.15, 0.2) is 77.7 Å². The number of sulfonamides is 1. The number of hydrogen-bond donors (Lipinski definition) is 1. The standard InChI is InChI=1S/C24H20FN3O3S/c25-21-15-17(16-26)8-13-23(21)32(30,31)27-20-11-9-19(10-12-20)24(29)28-14-4-7-22(28)18-5-2-1-3-6-18/h1-3,5-6,8-13,15,22,27H,4,7,14H2. The molecule has 1 aliphatic heterocycles. The molecule has 8 heteroatoms. The molecule has 1 fully saturated rings. The summed E-state index contributed by atoms with van der Waals surface area (Å²) in [5.41, 5.74) is 1.76. The molecule has 3 aromatic rings. The summed E-state index contributed by atoms with van der Waals surface area (Å²) in [7, 11) is -4.19. The molecule has 6 nitrogen and oxygen atoms in total. The summed E-state index contributed by atoms with van der Waals surface area (Å²) in [5.74, 6) is -1.13. The highest BCUT2D eigenvalue weighted by Gasteiger charge is 2.30. The summed E-state index contributed by atoms with van der Waals surface area (Å²) in [6.07, 6.45) is 1.81. The first kappa shape index (κ1) is 21.5. The van der Waals surface area contributed by atoms with Gasteiger partial charge in [0.2, 0.25) is 0 Å². The van der Waals surface area contributed by atoms with Gasteiger partial charge in [0.15, 0.2) is 0 Å². The van der Waals surface area contributed by atoms with E-state index in [1.54, 1.807) is 18.2 Å². The largest absolute Gasteiger partial charge is 0.332 e. The van der Waals surface area contributed by atoms with Gasteiger partial charge in [0, 0.05) is 17.8 Å². The van der Waals surface area contributed by atoms with Crippen LogP contribution in [0.4, 0.5) is 10.1 Å². The van der Waals surface area contributed by atoms with Crippen molar-refractivity contribution in [2.45, 2.75) is 23.8 Å². The molecule has 1 N–H and O–H groups in total. The fourth-order valence-corrected chi connectivity index (χ4v) is 5.00. The molecule has 0 spiro atoms. The Labute approximate surface area is 186 Å². The Bertz CT molecular complexity index is 1290. The Hall–Kier alpha value is -3.70. The van der Waals surface area contributed by atoms with Crippen LogP contribution in [0.1, 0.15) is 40.4 Å². The summed E-state index contributed by atoms with van der Waals surface area (Å²) in [5, 5.41) is 8.81. The smallest absolute Gasteiger partial charge is 0.264 e. The first-order valence-electron chi connectivity index (χ1n) is 10.1. The molecule has 0 radical (unpaired) electrons. The van der Waals surface area contributed by atoms with Crippen molar-refractivity contribution in [1.82, 2.24) is 4.90 Å². The molecule has 1 aliphatic rings. The van der Waals surface area contributed by atoms with Gasteiger partial charge in [-0.05, 0) is 60.9 Å². The highest BCUT2D eigenvalue weighted by atomic mass is 32.2. The summed E-state index contributed by atoms with van der Waals surface area (Å²) < 4.78 is 41.5. The van der Waals surface area contributed by atoms with Crippen LogP contribution < -0.4 is 4.72 Å². The Morgan fingerprint density at radius 1 is 1.06 bits per heavy atom. The van der Waals surface area contributed by atoms with E-state index in [1.807, 2.05) is 35.2 Å². The number of rotatable bonds is 5. The van der Waals surface area contributed by atoms with Crippen molar-refractivity contribution in [2.24, 2.45) is 0 Å². The average Bonchev–Trinajstić information content (AvgIpc) is 3.29. The number of carbonyl (C=O) groups excluding carboxylic acids is 1. The van der Waals surface area contributed by atoms with E-state index in [0.29, 0.717) is 12.1 Å². The minimum atomic E-state index is -4.19. The number of nitrogens with zero attached hydrogens (tertiary/aromatic N) is 2. The molecule has 0 saturated carbocycles. The Balaban J connectivity index is 1.51. The van der Waals surface area contributed by atoms with Gasteiger partial charge in [0.05, 0.1) is 17.7 Å². The first-order chi connectivity index (χ1) is 15.4. The van der Waals surface area contributed by atoms with Crippen molar-refractivity contribution < 1.29 is 17.6 Å². The zero-order valence-corrected chi connectivity index (χ0v) is 17.8. The number of benzene rings is 3. The van der Waals surface area contributed by atoms with Gasteiger partial charge in [0.1, 0.15) is 10.7 Å².